The largest absolute Gasteiger partial charge is 0.493 e. The van der Waals surface area contributed by atoms with Crippen molar-refractivity contribution in [3.63, 3.8) is 0 Å². The Labute approximate surface area is 140 Å². The number of para-hydroxylation sites is 1. The number of carbonyl (C=O) groups excluding carboxylic acids is 1. The molecular weight excluding hydrogens is 332 g/mol. The highest BCUT2D eigenvalue weighted by Crippen LogP contribution is 2.39. The number of nitrogens with zero attached hydrogens (tertiary/aromatic N) is 2. The summed E-state index contributed by atoms with van der Waals surface area (Å²) in [6.07, 6.45) is 0. The van der Waals surface area contributed by atoms with Crippen molar-refractivity contribution >= 4 is 27.4 Å². The summed E-state index contributed by atoms with van der Waals surface area (Å²) in [6.45, 7) is 0. The summed E-state index contributed by atoms with van der Waals surface area (Å²) in [5, 5.41) is 0. The number of amides is 2. The van der Waals surface area contributed by atoms with Crippen LogP contribution in [-0.2, 0) is 10.0 Å². The van der Waals surface area contributed by atoms with Gasteiger partial charge in [-0.1, -0.05) is 12.1 Å². The van der Waals surface area contributed by atoms with Crippen LogP contribution < -0.4 is 18.7 Å². The summed E-state index contributed by atoms with van der Waals surface area (Å²) in [7, 11) is 0.431. The number of sulfonamides is 1. The Morgan fingerprint density at radius 3 is 2.29 bits per heavy atom. The average Bonchev–Trinajstić information content (AvgIpc) is 2.59. The highest BCUT2D eigenvalue weighted by Gasteiger charge is 2.41. The van der Waals surface area contributed by atoms with Crippen molar-refractivity contribution in [1.29, 1.82) is 0 Å². The normalized spacial score (nSPS) is 15.9. The first-order valence-corrected chi connectivity index (χ1v) is 8.50. The second kappa shape index (κ2) is 5.72. The molecule has 1 heterocycles. The number of ether oxygens (including phenoxy) is 2. The highest BCUT2D eigenvalue weighted by molar-refractivity contribution is 7.94. The van der Waals surface area contributed by atoms with E-state index in [1.165, 1.54) is 44.4 Å². The summed E-state index contributed by atoms with van der Waals surface area (Å²) in [5.41, 5.74) is 0.526. The summed E-state index contributed by atoms with van der Waals surface area (Å²) < 4.78 is 36.9. The Morgan fingerprint density at radius 2 is 1.62 bits per heavy atom. The van der Waals surface area contributed by atoms with E-state index in [-0.39, 0.29) is 10.6 Å². The molecule has 7 nitrogen and oxygen atoms in total. The van der Waals surface area contributed by atoms with Crippen LogP contribution in [0.3, 0.4) is 0 Å². The average molecular weight is 348 g/mol. The van der Waals surface area contributed by atoms with Crippen molar-refractivity contribution in [2.75, 3.05) is 30.5 Å². The molecule has 0 fully saturated rings. The summed E-state index contributed by atoms with van der Waals surface area (Å²) in [5.74, 6) is 0.774. The van der Waals surface area contributed by atoms with Crippen molar-refractivity contribution < 1.29 is 22.7 Å². The molecule has 126 valence electrons. The van der Waals surface area contributed by atoms with Crippen molar-refractivity contribution in [3.05, 3.63) is 42.5 Å². The van der Waals surface area contributed by atoms with E-state index in [1.807, 2.05) is 0 Å². The molecule has 2 amide bonds. The van der Waals surface area contributed by atoms with Crippen LogP contribution >= 0.6 is 0 Å². The molecular formula is C16H16N2O5S. The zero-order chi connectivity index (χ0) is 17.5. The van der Waals surface area contributed by atoms with E-state index in [1.54, 1.807) is 24.3 Å². The van der Waals surface area contributed by atoms with Gasteiger partial charge >= 0.3 is 6.03 Å². The van der Waals surface area contributed by atoms with Crippen LogP contribution in [0.15, 0.2) is 47.4 Å². The lowest BCUT2D eigenvalue weighted by molar-refractivity contribution is 0.255. The fraction of sp³-hybridized carbons (Fsp3) is 0.188. The maximum Gasteiger partial charge on any atom is 0.342 e. The molecule has 3 rings (SSSR count). The number of fused-ring (bicyclic) bond motifs is 1. The number of benzene rings is 2. The van der Waals surface area contributed by atoms with Crippen molar-refractivity contribution in [2.45, 2.75) is 4.90 Å². The molecule has 0 saturated carbocycles. The van der Waals surface area contributed by atoms with Gasteiger partial charge < -0.3 is 9.47 Å². The van der Waals surface area contributed by atoms with Crippen molar-refractivity contribution in [3.8, 4) is 11.5 Å². The summed E-state index contributed by atoms with van der Waals surface area (Å²) in [4.78, 5) is 14.0. The molecule has 0 saturated heterocycles. The first-order chi connectivity index (χ1) is 11.4. The Hall–Kier alpha value is -2.74. The lowest BCUT2D eigenvalue weighted by atomic mass is 10.2. The van der Waals surface area contributed by atoms with Crippen LogP contribution in [-0.4, -0.2) is 35.7 Å². The SMILES string of the molecule is COc1ccc(N2C(=O)N(C)c3ccccc3S2(=O)=O)cc1OC. The van der Waals surface area contributed by atoms with Gasteiger partial charge in [0.1, 0.15) is 4.90 Å². The Balaban J connectivity index is 2.20. The van der Waals surface area contributed by atoms with Gasteiger partial charge in [-0.05, 0) is 24.3 Å². The third kappa shape index (κ3) is 2.26. The number of hydrogen-bond acceptors (Lipinski definition) is 5. The predicted molar refractivity (Wildman–Crippen MR) is 89.5 cm³/mol. The molecule has 0 radical (unpaired) electrons. The quantitative estimate of drug-likeness (QED) is 0.852. The van der Waals surface area contributed by atoms with E-state index in [0.29, 0.717) is 17.2 Å². The molecule has 0 spiro atoms. The number of hydrogen-bond donors (Lipinski definition) is 0. The van der Waals surface area contributed by atoms with E-state index in [9.17, 15) is 13.2 Å². The zero-order valence-corrected chi connectivity index (χ0v) is 14.2. The smallest absolute Gasteiger partial charge is 0.342 e. The van der Waals surface area contributed by atoms with Gasteiger partial charge in [0.25, 0.3) is 10.0 Å². The van der Waals surface area contributed by atoms with Gasteiger partial charge in [0.05, 0.1) is 25.6 Å². The van der Waals surface area contributed by atoms with Gasteiger partial charge in [0.2, 0.25) is 0 Å². The van der Waals surface area contributed by atoms with E-state index < -0.39 is 16.1 Å². The minimum absolute atomic E-state index is 0.0712. The minimum Gasteiger partial charge on any atom is -0.493 e. The zero-order valence-electron chi connectivity index (χ0n) is 13.4. The lowest BCUT2D eigenvalue weighted by Gasteiger charge is -2.34. The second-order valence-corrected chi connectivity index (χ2v) is 6.87. The Morgan fingerprint density at radius 1 is 0.958 bits per heavy atom. The fourth-order valence-corrected chi connectivity index (χ4v) is 4.23. The van der Waals surface area contributed by atoms with Gasteiger partial charge in [-0.15, -0.1) is 0 Å². The van der Waals surface area contributed by atoms with Crippen LogP contribution in [0.25, 0.3) is 0 Å². The number of methoxy groups -OCH3 is 2. The molecule has 0 N–H and O–H groups in total. The number of rotatable bonds is 3. The van der Waals surface area contributed by atoms with Gasteiger partial charge in [0.15, 0.2) is 11.5 Å². The first-order valence-electron chi connectivity index (χ1n) is 7.06. The molecule has 2 aromatic carbocycles. The molecule has 0 aromatic heterocycles. The second-order valence-electron chi connectivity index (χ2n) is 5.12. The van der Waals surface area contributed by atoms with Crippen LogP contribution in [0.5, 0.6) is 11.5 Å². The predicted octanol–water partition coefficient (Wildman–Crippen LogP) is 2.47. The molecule has 1 aliphatic heterocycles. The molecule has 1 aliphatic rings. The summed E-state index contributed by atoms with van der Waals surface area (Å²) in [6, 6.07) is 10.2. The third-order valence-corrected chi connectivity index (χ3v) is 5.56. The highest BCUT2D eigenvalue weighted by atomic mass is 32.2. The van der Waals surface area contributed by atoms with Gasteiger partial charge in [-0.25, -0.2) is 13.2 Å². The Bertz CT molecular complexity index is 910. The minimum atomic E-state index is -4.02. The number of carbonyl (C=O) groups is 1. The monoisotopic (exact) mass is 348 g/mol. The van der Waals surface area contributed by atoms with Gasteiger partial charge in [0, 0.05) is 13.1 Å². The van der Waals surface area contributed by atoms with Gasteiger partial charge in [-0.3, -0.25) is 4.90 Å². The van der Waals surface area contributed by atoms with Crippen molar-refractivity contribution in [2.24, 2.45) is 0 Å². The molecule has 0 atom stereocenters. The number of anilines is 2. The number of urea groups is 1. The lowest BCUT2D eigenvalue weighted by Crippen LogP contribution is -2.49. The van der Waals surface area contributed by atoms with E-state index in [4.69, 9.17) is 9.47 Å². The molecule has 0 bridgehead atoms. The van der Waals surface area contributed by atoms with E-state index in [2.05, 4.69) is 0 Å². The third-order valence-electron chi connectivity index (χ3n) is 3.81. The van der Waals surface area contributed by atoms with E-state index >= 15 is 0 Å². The molecule has 0 aliphatic carbocycles. The standard InChI is InChI=1S/C16H16N2O5S/c1-17-12-6-4-5-7-15(12)24(20,21)18(16(17)19)11-8-9-13(22-2)14(10-11)23-3/h4-10H,1-3H3. The summed E-state index contributed by atoms with van der Waals surface area (Å²) >= 11 is 0. The van der Waals surface area contributed by atoms with Gasteiger partial charge in [-0.2, -0.15) is 4.31 Å². The molecule has 2 aromatic rings. The molecule has 0 unspecified atom stereocenters. The maximum absolute atomic E-state index is 12.9. The maximum atomic E-state index is 12.9. The Kier molecular flexibility index (Phi) is 3.84. The van der Waals surface area contributed by atoms with E-state index in [0.717, 1.165) is 4.31 Å². The molecule has 24 heavy (non-hydrogen) atoms. The van der Waals surface area contributed by atoms with Crippen LogP contribution in [0.1, 0.15) is 0 Å². The first kappa shape index (κ1) is 16.1. The van der Waals surface area contributed by atoms with Crippen LogP contribution in [0, 0.1) is 0 Å². The van der Waals surface area contributed by atoms with Crippen LogP contribution in [0.2, 0.25) is 0 Å². The topological polar surface area (TPSA) is 76.2 Å². The molecule has 8 heteroatoms. The van der Waals surface area contributed by atoms with Crippen molar-refractivity contribution in [1.82, 2.24) is 0 Å². The van der Waals surface area contributed by atoms with Crippen LogP contribution in [0.4, 0.5) is 16.2 Å². The fourth-order valence-electron chi connectivity index (χ4n) is 2.59.